The first-order valence-electron chi connectivity index (χ1n) is 13.2. The predicted octanol–water partition coefficient (Wildman–Crippen LogP) is 5.55. The maximum Gasteiger partial charge on any atom is 0.251 e. The molecule has 0 aliphatic carbocycles. The topological polar surface area (TPSA) is 79.8 Å². The van der Waals surface area contributed by atoms with Gasteiger partial charge < -0.3 is 24.6 Å². The van der Waals surface area contributed by atoms with Gasteiger partial charge in [-0.3, -0.25) is 4.79 Å². The summed E-state index contributed by atoms with van der Waals surface area (Å²) in [5.74, 6) is 2.43. The number of rotatable bonds is 8. The van der Waals surface area contributed by atoms with Crippen LogP contribution in [0.15, 0.2) is 78.0 Å². The molecule has 1 fully saturated rings. The van der Waals surface area contributed by atoms with E-state index in [2.05, 4.69) is 15.2 Å². The lowest BCUT2D eigenvalue weighted by Crippen LogP contribution is -2.47. The summed E-state index contributed by atoms with van der Waals surface area (Å²) < 4.78 is 24.9. The summed E-state index contributed by atoms with van der Waals surface area (Å²) in [6, 6.07) is 21.7. The number of anilines is 2. The van der Waals surface area contributed by atoms with Gasteiger partial charge in [0.15, 0.2) is 16.7 Å². The Morgan fingerprint density at radius 2 is 1.63 bits per heavy atom. The summed E-state index contributed by atoms with van der Waals surface area (Å²) >= 11 is 7.83. The Bertz CT molecular complexity index is 1550. The van der Waals surface area contributed by atoms with E-state index in [1.807, 2.05) is 53.4 Å². The largest absolute Gasteiger partial charge is 0.454 e. The monoisotopic (exact) mass is 591 g/mol. The van der Waals surface area contributed by atoms with E-state index in [0.29, 0.717) is 71.5 Å². The number of hydrogen-bond acceptors (Lipinski definition) is 8. The Kier molecular flexibility index (Phi) is 8.11. The highest BCUT2D eigenvalue weighted by atomic mass is 35.5. The van der Waals surface area contributed by atoms with Crippen LogP contribution in [0.2, 0.25) is 5.15 Å². The third-order valence-electron chi connectivity index (χ3n) is 6.93. The van der Waals surface area contributed by atoms with E-state index in [9.17, 15) is 9.18 Å². The van der Waals surface area contributed by atoms with Gasteiger partial charge in [0.05, 0.1) is 5.69 Å². The molecule has 210 valence electrons. The zero-order chi connectivity index (χ0) is 28.2. The van der Waals surface area contributed by atoms with Crippen molar-refractivity contribution in [2.75, 3.05) is 42.8 Å². The highest BCUT2D eigenvalue weighted by Gasteiger charge is 2.21. The molecule has 6 rings (SSSR count). The zero-order valence-electron chi connectivity index (χ0n) is 22.1. The molecule has 0 bridgehead atoms. The first-order chi connectivity index (χ1) is 20.0. The van der Waals surface area contributed by atoms with Crippen molar-refractivity contribution in [1.29, 1.82) is 0 Å². The number of benzene rings is 3. The van der Waals surface area contributed by atoms with E-state index >= 15 is 0 Å². The number of carbonyl (C=O) groups is 1. The van der Waals surface area contributed by atoms with Crippen LogP contribution >= 0.6 is 23.4 Å². The average Bonchev–Trinajstić information content (AvgIpc) is 3.47. The number of para-hydroxylation sites is 1. The molecule has 3 heterocycles. The smallest absolute Gasteiger partial charge is 0.251 e. The molecule has 4 aromatic rings. The molecule has 0 atom stereocenters. The highest BCUT2D eigenvalue weighted by Crippen LogP contribution is 2.32. The predicted molar refractivity (Wildman–Crippen MR) is 158 cm³/mol. The lowest BCUT2D eigenvalue weighted by Gasteiger charge is -2.36. The van der Waals surface area contributed by atoms with Gasteiger partial charge in [-0.05, 0) is 47.5 Å². The normalized spacial score (nSPS) is 14.3. The first-order valence-corrected chi connectivity index (χ1v) is 14.6. The molecular weight excluding hydrogens is 565 g/mol. The SMILES string of the molecule is O=C(NCc1ccc2c(c1)OCO2)c1ccc(CSc2nc(Cl)cc(N3CCN(c4ccccc4F)CC3)n2)cc1. The van der Waals surface area contributed by atoms with Crippen molar-refractivity contribution in [2.24, 2.45) is 0 Å². The summed E-state index contributed by atoms with van der Waals surface area (Å²) in [6.45, 7) is 3.37. The number of nitrogens with one attached hydrogen (secondary N) is 1. The molecule has 0 saturated carbocycles. The van der Waals surface area contributed by atoms with Gasteiger partial charge in [0, 0.05) is 50.1 Å². The number of thioether (sulfide) groups is 1. The summed E-state index contributed by atoms with van der Waals surface area (Å²) in [4.78, 5) is 26.0. The van der Waals surface area contributed by atoms with E-state index in [0.717, 1.165) is 16.9 Å². The number of piperazine rings is 1. The Hall–Kier alpha value is -4.02. The standard InChI is InChI=1S/C30H27ClFN5O3S/c31-27-16-28(37-13-11-36(12-14-37)24-4-2-1-3-23(24)32)35-30(34-27)41-18-20-5-8-22(9-6-20)29(38)33-17-21-7-10-25-26(15-21)40-19-39-25/h1-10,15-16H,11-14,17-19H2,(H,33,38). The third kappa shape index (κ3) is 6.49. The molecule has 1 N–H and O–H groups in total. The number of hydrogen-bond donors (Lipinski definition) is 1. The second-order valence-electron chi connectivity index (χ2n) is 9.61. The van der Waals surface area contributed by atoms with Crippen molar-refractivity contribution >= 4 is 40.8 Å². The van der Waals surface area contributed by atoms with Gasteiger partial charge >= 0.3 is 0 Å². The van der Waals surface area contributed by atoms with Crippen molar-refractivity contribution in [2.45, 2.75) is 17.5 Å². The minimum atomic E-state index is -0.209. The van der Waals surface area contributed by atoms with Crippen LogP contribution in [0.25, 0.3) is 0 Å². The van der Waals surface area contributed by atoms with Gasteiger partial charge in [-0.15, -0.1) is 0 Å². The van der Waals surface area contributed by atoms with Crippen LogP contribution in [0.5, 0.6) is 11.5 Å². The molecule has 3 aromatic carbocycles. The molecule has 0 unspecified atom stereocenters. The first kappa shape index (κ1) is 27.2. The van der Waals surface area contributed by atoms with E-state index in [1.54, 1.807) is 18.2 Å². The quantitative estimate of drug-likeness (QED) is 0.162. The van der Waals surface area contributed by atoms with Crippen LogP contribution in [0.3, 0.4) is 0 Å². The Labute approximate surface area is 246 Å². The van der Waals surface area contributed by atoms with Crippen molar-refractivity contribution < 1.29 is 18.7 Å². The second-order valence-corrected chi connectivity index (χ2v) is 10.9. The van der Waals surface area contributed by atoms with Crippen LogP contribution in [0.1, 0.15) is 21.5 Å². The van der Waals surface area contributed by atoms with E-state index in [-0.39, 0.29) is 18.5 Å². The maximum absolute atomic E-state index is 14.2. The van der Waals surface area contributed by atoms with Gasteiger partial charge in [-0.2, -0.15) is 0 Å². The average molecular weight is 592 g/mol. The number of halogens is 2. The molecule has 41 heavy (non-hydrogen) atoms. The van der Waals surface area contributed by atoms with E-state index in [4.69, 9.17) is 26.1 Å². The number of ether oxygens (including phenoxy) is 2. The van der Waals surface area contributed by atoms with Crippen LogP contribution in [0, 0.1) is 5.82 Å². The number of nitrogens with zero attached hydrogens (tertiary/aromatic N) is 4. The van der Waals surface area contributed by atoms with Crippen LogP contribution in [-0.4, -0.2) is 48.8 Å². The van der Waals surface area contributed by atoms with Crippen molar-refractivity contribution in [3.8, 4) is 11.5 Å². The fourth-order valence-corrected chi connectivity index (χ4v) is 5.77. The van der Waals surface area contributed by atoms with Crippen molar-refractivity contribution in [3.63, 3.8) is 0 Å². The number of aromatic nitrogens is 2. The molecule has 2 aliphatic rings. The zero-order valence-corrected chi connectivity index (χ0v) is 23.6. The molecule has 11 heteroatoms. The van der Waals surface area contributed by atoms with Gasteiger partial charge in [0.2, 0.25) is 6.79 Å². The van der Waals surface area contributed by atoms with Gasteiger partial charge in [0.1, 0.15) is 16.8 Å². The minimum Gasteiger partial charge on any atom is -0.454 e. The molecule has 1 aromatic heterocycles. The lowest BCUT2D eigenvalue weighted by molar-refractivity contribution is 0.0951. The molecule has 0 radical (unpaired) electrons. The number of carbonyl (C=O) groups excluding carboxylic acids is 1. The molecule has 1 saturated heterocycles. The molecule has 0 spiro atoms. The molecular formula is C30H27ClFN5O3S. The lowest BCUT2D eigenvalue weighted by atomic mass is 10.1. The highest BCUT2D eigenvalue weighted by molar-refractivity contribution is 7.98. The fraction of sp³-hybridized carbons (Fsp3) is 0.233. The van der Waals surface area contributed by atoms with Crippen LogP contribution in [0.4, 0.5) is 15.9 Å². The van der Waals surface area contributed by atoms with Gasteiger partial charge in [0.25, 0.3) is 5.91 Å². The summed E-state index contributed by atoms with van der Waals surface area (Å²) in [5, 5.41) is 3.90. The minimum absolute atomic E-state index is 0.153. The summed E-state index contributed by atoms with van der Waals surface area (Å²) in [5.41, 5.74) is 3.17. The fourth-order valence-electron chi connectivity index (χ4n) is 4.73. The molecule has 1 amide bonds. The maximum atomic E-state index is 14.2. The van der Waals surface area contributed by atoms with Gasteiger partial charge in [-0.25, -0.2) is 14.4 Å². The number of fused-ring (bicyclic) bond motifs is 1. The molecule has 8 nitrogen and oxygen atoms in total. The second kappa shape index (κ2) is 12.2. The van der Waals surface area contributed by atoms with Crippen molar-refractivity contribution in [3.05, 3.63) is 100 Å². The van der Waals surface area contributed by atoms with E-state index < -0.39 is 0 Å². The summed E-state index contributed by atoms with van der Waals surface area (Å²) in [7, 11) is 0. The van der Waals surface area contributed by atoms with Crippen molar-refractivity contribution in [1.82, 2.24) is 15.3 Å². The summed E-state index contributed by atoms with van der Waals surface area (Å²) in [6.07, 6.45) is 0. The van der Waals surface area contributed by atoms with Gasteiger partial charge in [-0.1, -0.05) is 53.7 Å². The Morgan fingerprint density at radius 1 is 0.902 bits per heavy atom. The number of amides is 1. The Morgan fingerprint density at radius 3 is 2.44 bits per heavy atom. The Balaban J connectivity index is 1.02. The van der Waals surface area contributed by atoms with Crippen LogP contribution in [-0.2, 0) is 12.3 Å². The third-order valence-corrected chi connectivity index (χ3v) is 8.04. The molecule has 2 aliphatic heterocycles. The van der Waals surface area contributed by atoms with Crippen LogP contribution < -0.4 is 24.6 Å². The van der Waals surface area contributed by atoms with E-state index in [1.165, 1.54) is 17.8 Å².